The van der Waals surface area contributed by atoms with E-state index in [1.807, 2.05) is 0 Å². The highest BCUT2D eigenvalue weighted by Gasteiger charge is 2.13. The van der Waals surface area contributed by atoms with Gasteiger partial charge in [0.1, 0.15) is 9.84 Å². The second-order valence-electron chi connectivity index (χ2n) is 3.90. The van der Waals surface area contributed by atoms with Crippen molar-refractivity contribution in [3.05, 3.63) is 21.3 Å². The summed E-state index contributed by atoms with van der Waals surface area (Å²) in [6.07, 6.45) is 1.59. The van der Waals surface area contributed by atoms with Crippen molar-refractivity contribution in [1.29, 1.82) is 0 Å². The zero-order valence-corrected chi connectivity index (χ0v) is 12.0. The summed E-state index contributed by atoms with van der Waals surface area (Å²) in [5, 5.41) is 2.73. The van der Waals surface area contributed by atoms with Crippen molar-refractivity contribution in [3.63, 3.8) is 0 Å². The number of carbonyl (C=O) groups is 1. The number of halogens is 1. The Morgan fingerprint density at radius 1 is 1.53 bits per heavy atom. The molecule has 0 saturated carbocycles. The van der Waals surface area contributed by atoms with Crippen molar-refractivity contribution in [2.75, 3.05) is 12.0 Å². The highest BCUT2D eigenvalue weighted by Crippen LogP contribution is 2.21. The number of carbonyl (C=O) groups excluding carboxylic acids is 1. The van der Waals surface area contributed by atoms with Gasteiger partial charge in [0.05, 0.1) is 15.0 Å². The summed E-state index contributed by atoms with van der Waals surface area (Å²) in [5.74, 6) is -0.150. The SMILES string of the molecule is C[C@@H](CCS(C)(=O)=O)NC(=O)c1ccc(Cl)s1. The third-order valence-corrected chi connectivity index (χ3v) is 4.30. The molecule has 17 heavy (non-hydrogen) atoms. The Morgan fingerprint density at radius 2 is 2.18 bits per heavy atom. The summed E-state index contributed by atoms with van der Waals surface area (Å²) in [4.78, 5) is 12.2. The molecular formula is C10H14ClNO3S2. The normalized spacial score (nSPS) is 13.4. The summed E-state index contributed by atoms with van der Waals surface area (Å²) in [6.45, 7) is 1.78. The summed E-state index contributed by atoms with van der Waals surface area (Å²) in [7, 11) is -2.99. The zero-order chi connectivity index (χ0) is 13.1. The summed E-state index contributed by atoms with van der Waals surface area (Å²) in [6, 6.07) is 3.12. The molecule has 0 aliphatic heterocycles. The average Bonchev–Trinajstić information content (AvgIpc) is 2.61. The first kappa shape index (κ1) is 14.5. The maximum atomic E-state index is 11.7. The van der Waals surface area contributed by atoms with Gasteiger partial charge in [-0.25, -0.2) is 8.42 Å². The van der Waals surface area contributed by atoms with Gasteiger partial charge in [0.15, 0.2) is 0 Å². The molecule has 0 radical (unpaired) electrons. The van der Waals surface area contributed by atoms with Crippen LogP contribution < -0.4 is 5.32 Å². The quantitative estimate of drug-likeness (QED) is 0.903. The molecule has 1 N–H and O–H groups in total. The van der Waals surface area contributed by atoms with Gasteiger partial charge < -0.3 is 5.32 Å². The minimum absolute atomic E-state index is 0.0691. The van der Waals surface area contributed by atoms with Crippen molar-refractivity contribution < 1.29 is 13.2 Å². The van der Waals surface area contributed by atoms with Crippen LogP contribution in [-0.2, 0) is 9.84 Å². The second kappa shape index (κ2) is 5.84. The van der Waals surface area contributed by atoms with Crippen molar-refractivity contribution in [2.24, 2.45) is 0 Å². The van der Waals surface area contributed by atoms with Crippen LogP contribution in [0.5, 0.6) is 0 Å². The standard InChI is InChI=1S/C10H14ClNO3S2/c1-7(5-6-17(2,14)15)12-10(13)8-3-4-9(11)16-8/h3-4,7H,5-6H2,1-2H3,(H,12,13)/t7-/m0/s1. The summed E-state index contributed by atoms with van der Waals surface area (Å²) < 4.78 is 22.5. The van der Waals surface area contributed by atoms with Crippen molar-refractivity contribution >= 4 is 38.7 Å². The van der Waals surface area contributed by atoms with E-state index in [0.717, 1.165) is 0 Å². The molecule has 0 saturated heterocycles. The van der Waals surface area contributed by atoms with Gasteiger partial charge in [-0.3, -0.25) is 4.79 Å². The van der Waals surface area contributed by atoms with Crippen LogP contribution in [0.25, 0.3) is 0 Å². The molecule has 7 heteroatoms. The number of thiophene rings is 1. The van der Waals surface area contributed by atoms with Crippen molar-refractivity contribution in [1.82, 2.24) is 5.32 Å². The van der Waals surface area contributed by atoms with Gasteiger partial charge in [0.2, 0.25) is 0 Å². The molecule has 4 nitrogen and oxygen atoms in total. The molecule has 1 amide bonds. The van der Waals surface area contributed by atoms with Gasteiger partial charge >= 0.3 is 0 Å². The number of hydrogen-bond donors (Lipinski definition) is 1. The Balaban J connectivity index is 2.46. The van der Waals surface area contributed by atoms with Crippen LogP contribution in [0.4, 0.5) is 0 Å². The first-order chi connectivity index (χ1) is 7.78. The monoisotopic (exact) mass is 295 g/mol. The van der Waals surface area contributed by atoms with E-state index in [1.54, 1.807) is 19.1 Å². The van der Waals surface area contributed by atoms with Crippen LogP contribution >= 0.6 is 22.9 Å². The number of sulfone groups is 1. The fraction of sp³-hybridized carbons (Fsp3) is 0.500. The number of rotatable bonds is 5. The van der Waals surface area contributed by atoms with Crippen molar-refractivity contribution in [2.45, 2.75) is 19.4 Å². The first-order valence-corrected chi connectivity index (χ1v) is 8.27. The highest BCUT2D eigenvalue weighted by atomic mass is 35.5. The molecule has 1 atom stereocenters. The Labute approximate surface area is 110 Å². The molecule has 0 bridgehead atoms. The molecule has 0 aliphatic rings. The van der Waals surface area contributed by atoms with Crippen LogP contribution in [0, 0.1) is 0 Å². The second-order valence-corrected chi connectivity index (χ2v) is 7.87. The van der Waals surface area contributed by atoms with E-state index in [9.17, 15) is 13.2 Å². The Morgan fingerprint density at radius 3 is 2.65 bits per heavy atom. The van der Waals surface area contributed by atoms with Gasteiger partial charge in [0.25, 0.3) is 5.91 Å². The smallest absolute Gasteiger partial charge is 0.261 e. The third-order valence-electron chi connectivity index (χ3n) is 2.10. The molecule has 0 aromatic carbocycles. The third kappa shape index (κ3) is 5.52. The summed E-state index contributed by atoms with van der Waals surface area (Å²) in [5.41, 5.74) is 0. The molecule has 0 aliphatic carbocycles. The van der Waals surface area contributed by atoms with E-state index >= 15 is 0 Å². The van der Waals surface area contributed by atoms with Crippen molar-refractivity contribution in [3.8, 4) is 0 Å². The molecule has 0 spiro atoms. The van der Waals surface area contributed by atoms with E-state index in [0.29, 0.717) is 15.6 Å². The van der Waals surface area contributed by atoms with E-state index in [-0.39, 0.29) is 17.7 Å². The average molecular weight is 296 g/mol. The maximum Gasteiger partial charge on any atom is 0.261 e. The van der Waals surface area contributed by atoms with E-state index in [1.165, 1.54) is 17.6 Å². The molecule has 1 rings (SSSR count). The van der Waals surface area contributed by atoms with Crippen LogP contribution in [0.2, 0.25) is 4.34 Å². The Kier molecular flexibility index (Phi) is 4.97. The van der Waals surface area contributed by atoms with Gasteiger partial charge in [-0.05, 0) is 25.5 Å². The molecule has 96 valence electrons. The largest absolute Gasteiger partial charge is 0.349 e. The van der Waals surface area contributed by atoms with Crippen LogP contribution in [0.3, 0.4) is 0 Å². The molecule has 1 aromatic heterocycles. The lowest BCUT2D eigenvalue weighted by molar-refractivity contribution is 0.0943. The molecule has 1 aromatic rings. The molecule has 1 heterocycles. The fourth-order valence-electron chi connectivity index (χ4n) is 1.19. The van der Waals surface area contributed by atoms with Crippen LogP contribution in [0.1, 0.15) is 23.0 Å². The molecular weight excluding hydrogens is 282 g/mol. The lowest BCUT2D eigenvalue weighted by Crippen LogP contribution is -2.33. The van der Waals surface area contributed by atoms with Gasteiger partial charge in [-0.2, -0.15) is 0 Å². The number of amides is 1. The predicted molar refractivity (Wildman–Crippen MR) is 70.6 cm³/mol. The van der Waals surface area contributed by atoms with E-state index < -0.39 is 9.84 Å². The fourth-order valence-corrected chi connectivity index (χ4v) is 2.92. The van der Waals surface area contributed by atoms with Gasteiger partial charge in [-0.15, -0.1) is 11.3 Å². The number of nitrogens with one attached hydrogen (secondary N) is 1. The zero-order valence-electron chi connectivity index (χ0n) is 9.57. The minimum Gasteiger partial charge on any atom is -0.349 e. The van der Waals surface area contributed by atoms with Crippen LogP contribution in [-0.4, -0.2) is 32.4 Å². The highest BCUT2D eigenvalue weighted by molar-refractivity contribution is 7.90. The minimum atomic E-state index is -2.99. The van der Waals surface area contributed by atoms with Crippen LogP contribution in [0.15, 0.2) is 12.1 Å². The Bertz CT molecular complexity index is 495. The Hall–Kier alpha value is -0.590. The van der Waals surface area contributed by atoms with E-state index in [2.05, 4.69) is 5.32 Å². The molecule has 0 fully saturated rings. The lowest BCUT2D eigenvalue weighted by Gasteiger charge is -2.12. The van der Waals surface area contributed by atoms with Gasteiger partial charge in [0, 0.05) is 12.3 Å². The topological polar surface area (TPSA) is 63.2 Å². The first-order valence-electron chi connectivity index (χ1n) is 5.02. The maximum absolute atomic E-state index is 11.7. The predicted octanol–water partition coefficient (Wildman–Crippen LogP) is 1.95. The lowest BCUT2D eigenvalue weighted by atomic mass is 10.2. The number of hydrogen-bond acceptors (Lipinski definition) is 4. The van der Waals surface area contributed by atoms with Gasteiger partial charge in [-0.1, -0.05) is 11.6 Å². The molecule has 0 unspecified atom stereocenters. The summed E-state index contributed by atoms with van der Waals surface area (Å²) >= 11 is 6.92. The van der Waals surface area contributed by atoms with E-state index in [4.69, 9.17) is 11.6 Å².